The van der Waals surface area contributed by atoms with Gasteiger partial charge >= 0.3 is 5.97 Å². The standard InChI is InChI=1S/C11H13NO3/c13-8-2-1-7-12-10-5-3-9(4-6-10)11(14)15/h3-6,8,12H,1-2,7H2,(H,14,15). The molecule has 2 N–H and O–H groups in total. The molecule has 0 saturated heterocycles. The third-order valence-electron chi connectivity index (χ3n) is 1.96. The number of aromatic carboxylic acids is 1. The molecule has 0 saturated carbocycles. The molecule has 0 unspecified atom stereocenters. The molecule has 0 aliphatic heterocycles. The van der Waals surface area contributed by atoms with Crippen LogP contribution in [0, 0.1) is 0 Å². The Hall–Kier alpha value is -1.84. The van der Waals surface area contributed by atoms with Gasteiger partial charge in [-0.25, -0.2) is 4.79 Å². The topological polar surface area (TPSA) is 66.4 Å². The molecule has 15 heavy (non-hydrogen) atoms. The predicted octanol–water partition coefficient (Wildman–Crippen LogP) is 1.78. The number of hydrogen-bond acceptors (Lipinski definition) is 3. The molecule has 0 spiro atoms. The zero-order valence-corrected chi connectivity index (χ0v) is 8.27. The largest absolute Gasteiger partial charge is 0.478 e. The first kappa shape index (κ1) is 11.2. The van der Waals surface area contributed by atoms with Crippen molar-refractivity contribution >= 4 is 17.9 Å². The smallest absolute Gasteiger partial charge is 0.335 e. The maximum absolute atomic E-state index is 10.6. The fourth-order valence-corrected chi connectivity index (χ4v) is 1.15. The first-order chi connectivity index (χ1) is 7.24. The maximum atomic E-state index is 10.6. The van der Waals surface area contributed by atoms with Gasteiger partial charge < -0.3 is 15.2 Å². The zero-order valence-electron chi connectivity index (χ0n) is 8.27. The first-order valence-corrected chi connectivity index (χ1v) is 4.75. The molecule has 0 atom stereocenters. The highest BCUT2D eigenvalue weighted by Gasteiger charge is 2.00. The van der Waals surface area contributed by atoms with E-state index in [2.05, 4.69) is 5.32 Å². The van der Waals surface area contributed by atoms with E-state index in [0.29, 0.717) is 13.0 Å². The van der Waals surface area contributed by atoms with Crippen LogP contribution in [0.25, 0.3) is 0 Å². The molecule has 0 radical (unpaired) electrons. The summed E-state index contributed by atoms with van der Waals surface area (Å²) in [5, 5.41) is 11.8. The summed E-state index contributed by atoms with van der Waals surface area (Å²) in [5.74, 6) is -0.928. The Balaban J connectivity index is 2.42. The highest BCUT2D eigenvalue weighted by Crippen LogP contribution is 2.09. The molecule has 1 aromatic carbocycles. The highest BCUT2D eigenvalue weighted by molar-refractivity contribution is 5.87. The Morgan fingerprint density at radius 2 is 2.00 bits per heavy atom. The van der Waals surface area contributed by atoms with E-state index in [-0.39, 0.29) is 5.56 Å². The van der Waals surface area contributed by atoms with Gasteiger partial charge in [-0.05, 0) is 30.7 Å². The summed E-state index contributed by atoms with van der Waals surface area (Å²) in [6.07, 6.45) is 2.21. The monoisotopic (exact) mass is 207 g/mol. The second-order valence-corrected chi connectivity index (χ2v) is 3.12. The van der Waals surface area contributed by atoms with Crippen molar-refractivity contribution in [2.75, 3.05) is 11.9 Å². The van der Waals surface area contributed by atoms with Crippen LogP contribution in [-0.2, 0) is 4.79 Å². The van der Waals surface area contributed by atoms with Gasteiger partial charge in [-0.2, -0.15) is 0 Å². The summed E-state index contributed by atoms with van der Waals surface area (Å²) in [6, 6.07) is 6.52. The third-order valence-corrected chi connectivity index (χ3v) is 1.96. The van der Waals surface area contributed by atoms with Gasteiger partial charge in [0.25, 0.3) is 0 Å². The predicted molar refractivity (Wildman–Crippen MR) is 57.2 cm³/mol. The van der Waals surface area contributed by atoms with Crippen LogP contribution in [-0.4, -0.2) is 23.9 Å². The molecule has 0 heterocycles. The van der Waals surface area contributed by atoms with Crippen molar-refractivity contribution in [2.24, 2.45) is 0 Å². The van der Waals surface area contributed by atoms with E-state index < -0.39 is 5.97 Å². The van der Waals surface area contributed by atoms with Crippen molar-refractivity contribution in [1.29, 1.82) is 0 Å². The molecule has 0 fully saturated rings. The maximum Gasteiger partial charge on any atom is 0.335 e. The molecule has 1 aromatic rings. The van der Waals surface area contributed by atoms with E-state index in [1.807, 2.05) is 0 Å². The minimum Gasteiger partial charge on any atom is -0.478 e. The van der Waals surface area contributed by atoms with E-state index in [4.69, 9.17) is 5.11 Å². The Morgan fingerprint density at radius 3 is 2.53 bits per heavy atom. The Kier molecular flexibility index (Phi) is 4.34. The summed E-state index contributed by atoms with van der Waals surface area (Å²) in [6.45, 7) is 0.713. The summed E-state index contributed by atoms with van der Waals surface area (Å²) in [5.41, 5.74) is 1.14. The van der Waals surface area contributed by atoms with Crippen LogP contribution in [0.1, 0.15) is 23.2 Å². The van der Waals surface area contributed by atoms with E-state index in [1.165, 1.54) is 0 Å². The van der Waals surface area contributed by atoms with Crippen molar-refractivity contribution in [3.63, 3.8) is 0 Å². The van der Waals surface area contributed by atoms with Crippen molar-refractivity contribution in [2.45, 2.75) is 12.8 Å². The van der Waals surface area contributed by atoms with Gasteiger partial charge in [-0.15, -0.1) is 0 Å². The van der Waals surface area contributed by atoms with Gasteiger partial charge in [-0.1, -0.05) is 0 Å². The molecule has 0 bridgehead atoms. The van der Waals surface area contributed by atoms with Crippen molar-refractivity contribution in [1.82, 2.24) is 0 Å². The summed E-state index contributed by atoms with van der Waals surface area (Å²) in [4.78, 5) is 20.6. The number of unbranched alkanes of at least 4 members (excludes halogenated alkanes) is 1. The fraction of sp³-hybridized carbons (Fsp3) is 0.273. The molecule has 0 amide bonds. The lowest BCUT2D eigenvalue weighted by Gasteiger charge is -2.04. The quantitative estimate of drug-likeness (QED) is 0.551. The molecule has 0 aliphatic carbocycles. The van der Waals surface area contributed by atoms with Crippen molar-refractivity contribution in [3.05, 3.63) is 29.8 Å². The van der Waals surface area contributed by atoms with E-state index >= 15 is 0 Å². The fourth-order valence-electron chi connectivity index (χ4n) is 1.15. The SMILES string of the molecule is O=CCCCNc1ccc(C(=O)O)cc1. The molecule has 1 rings (SSSR count). The second kappa shape index (κ2) is 5.80. The van der Waals surface area contributed by atoms with Gasteiger partial charge in [-0.3, -0.25) is 0 Å². The number of rotatable bonds is 6. The number of benzene rings is 1. The van der Waals surface area contributed by atoms with Gasteiger partial charge in [0.05, 0.1) is 5.56 Å². The lowest BCUT2D eigenvalue weighted by molar-refractivity contribution is -0.107. The van der Waals surface area contributed by atoms with Gasteiger partial charge in [0.15, 0.2) is 0 Å². The number of carbonyl (C=O) groups excluding carboxylic acids is 1. The number of carbonyl (C=O) groups is 2. The lowest BCUT2D eigenvalue weighted by Crippen LogP contribution is -2.02. The van der Waals surface area contributed by atoms with Gasteiger partial charge in [0, 0.05) is 18.7 Å². The Labute approximate surface area is 87.9 Å². The average Bonchev–Trinajstić information content (AvgIpc) is 2.25. The number of aldehydes is 1. The normalized spacial score (nSPS) is 9.60. The van der Waals surface area contributed by atoms with Gasteiger partial charge in [0.2, 0.25) is 0 Å². The van der Waals surface area contributed by atoms with Crippen molar-refractivity contribution in [3.8, 4) is 0 Å². The van der Waals surface area contributed by atoms with Gasteiger partial charge in [0.1, 0.15) is 6.29 Å². The van der Waals surface area contributed by atoms with E-state index in [9.17, 15) is 9.59 Å². The number of carboxylic acids is 1. The molecule has 80 valence electrons. The summed E-state index contributed by atoms with van der Waals surface area (Å²) < 4.78 is 0. The molecule has 0 aromatic heterocycles. The van der Waals surface area contributed by atoms with Crippen molar-refractivity contribution < 1.29 is 14.7 Å². The Morgan fingerprint density at radius 1 is 1.33 bits per heavy atom. The number of nitrogens with one attached hydrogen (secondary N) is 1. The lowest BCUT2D eigenvalue weighted by atomic mass is 10.2. The average molecular weight is 207 g/mol. The first-order valence-electron chi connectivity index (χ1n) is 4.75. The molecule has 4 heteroatoms. The van der Waals surface area contributed by atoms with Crippen LogP contribution in [0.15, 0.2) is 24.3 Å². The van der Waals surface area contributed by atoms with Crippen LogP contribution in [0.2, 0.25) is 0 Å². The van der Waals surface area contributed by atoms with E-state index in [0.717, 1.165) is 18.4 Å². The highest BCUT2D eigenvalue weighted by atomic mass is 16.4. The molecule has 4 nitrogen and oxygen atoms in total. The van der Waals surface area contributed by atoms with Crippen LogP contribution in [0.4, 0.5) is 5.69 Å². The number of hydrogen-bond donors (Lipinski definition) is 2. The summed E-state index contributed by atoms with van der Waals surface area (Å²) >= 11 is 0. The summed E-state index contributed by atoms with van der Waals surface area (Å²) in [7, 11) is 0. The number of anilines is 1. The minimum atomic E-state index is -0.928. The molecule has 0 aliphatic rings. The van der Waals surface area contributed by atoms with Crippen LogP contribution in [0.3, 0.4) is 0 Å². The molecular formula is C11H13NO3. The zero-order chi connectivity index (χ0) is 11.1. The van der Waals surface area contributed by atoms with Crippen LogP contribution >= 0.6 is 0 Å². The van der Waals surface area contributed by atoms with Crippen LogP contribution < -0.4 is 5.32 Å². The molecular weight excluding hydrogens is 194 g/mol. The van der Waals surface area contributed by atoms with Crippen LogP contribution in [0.5, 0.6) is 0 Å². The second-order valence-electron chi connectivity index (χ2n) is 3.12. The Bertz CT molecular complexity index is 332. The van der Waals surface area contributed by atoms with E-state index in [1.54, 1.807) is 24.3 Å². The number of carboxylic acid groups (broad SMARTS) is 1. The minimum absolute atomic E-state index is 0.272. The third kappa shape index (κ3) is 3.81.